The highest BCUT2D eigenvalue weighted by Gasteiger charge is 2.19. The van der Waals surface area contributed by atoms with Gasteiger partial charge in [0.1, 0.15) is 0 Å². The van der Waals surface area contributed by atoms with Gasteiger partial charge in [-0.15, -0.1) is 0 Å². The molecule has 2 rings (SSSR count). The minimum absolute atomic E-state index is 0.0643. The third kappa shape index (κ3) is 4.63. The van der Waals surface area contributed by atoms with Gasteiger partial charge in [-0.3, -0.25) is 14.2 Å². The number of nitrogens with zero attached hydrogens (tertiary/aromatic N) is 2. The van der Waals surface area contributed by atoms with Gasteiger partial charge in [-0.05, 0) is 31.9 Å². The van der Waals surface area contributed by atoms with E-state index in [1.807, 2.05) is 32.0 Å². The Morgan fingerprint density at radius 2 is 2.00 bits per heavy atom. The summed E-state index contributed by atoms with van der Waals surface area (Å²) in [5, 5.41) is 13.2. The van der Waals surface area contributed by atoms with Gasteiger partial charge in [0, 0.05) is 11.7 Å². The van der Waals surface area contributed by atoms with Gasteiger partial charge in [0.2, 0.25) is 11.8 Å². The maximum absolute atomic E-state index is 12.6. The molecule has 0 aliphatic heterocycles. The molecule has 2 aromatic rings. The molecule has 1 atom stereocenters. The van der Waals surface area contributed by atoms with Crippen LogP contribution in [0.5, 0.6) is 5.88 Å². The Morgan fingerprint density at radius 3 is 2.60 bits per heavy atom. The molecule has 0 spiro atoms. The number of carbonyl (C=O) groups is 1. The molecular formula is C18H23N3O3S. The second-order valence-electron chi connectivity index (χ2n) is 5.69. The zero-order valence-corrected chi connectivity index (χ0v) is 15.5. The average Bonchev–Trinajstić information content (AvgIpc) is 2.60. The summed E-state index contributed by atoms with van der Waals surface area (Å²) in [4.78, 5) is 28.9. The topological polar surface area (TPSA) is 84.2 Å². The molecule has 1 amide bonds. The van der Waals surface area contributed by atoms with Gasteiger partial charge in [-0.2, -0.15) is 4.98 Å². The molecule has 0 aliphatic carbocycles. The van der Waals surface area contributed by atoms with Crippen molar-refractivity contribution in [3.63, 3.8) is 0 Å². The molecule has 1 heterocycles. The van der Waals surface area contributed by atoms with E-state index in [-0.39, 0.29) is 29.1 Å². The van der Waals surface area contributed by atoms with Crippen LogP contribution in [-0.4, -0.2) is 26.3 Å². The van der Waals surface area contributed by atoms with Crippen molar-refractivity contribution in [2.24, 2.45) is 0 Å². The van der Waals surface area contributed by atoms with Crippen molar-refractivity contribution >= 4 is 23.4 Å². The second-order valence-corrected chi connectivity index (χ2v) is 6.63. The first-order valence-corrected chi connectivity index (χ1v) is 9.28. The van der Waals surface area contributed by atoms with Crippen molar-refractivity contribution in [1.82, 2.24) is 9.55 Å². The van der Waals surface area contributed by atoms with Gasteiger partial charge in [0.15, 0.2) is 5.16 Å². The van der Waals surface area contributed by atoms with Crippen LogP contribution in [0.2, 0.25) is 0 Å². The van der Waals surface area contributed by atoms with Crippen molar-refractivity contribution in [2.45, 2.75) is 44.8 Å². The Morgan fingerprint density at radius 1 is 1.32 bits per heavy atom. The number of carbonyl (C=O) groups excluding carboxylic acids is 1. The molecule has 7 heteroatoms. The summed E-state index contributed by atoms with van der Waals surface area (Å²) in [6.45, 7) is 5.71. The average molecular weight is 361 g/mol. The van der Waals surface area contributed by atoms with E-state index >= 15 is 0 Å². The molecular weight excluding hydrogens is 338 g/mol. The molecule has 0 aliphatic rings. The van der Waals surface area contributed by atoms with E-state index in [0.717, 1.165) is 18.2 Å². The van der Waals surface area contributed by atoms with Crippen molar-refractivity contribution in [1.29, 1.82) is 0 Å². The maximum atomic E-state index is 12.6. The van der Waals surface area contributed by atoms with Crippen molar-refractivity contribution < 1.29 is 9.90 Å². The highest BCUT2D eigenvalue weighted by Crippen LogP contribution is 2.24. The number of anilines is 1. The summed E-state index contributed by atoms with van der Waals surface area (Å²) in [6, 6.07) is 9.09. The minimum atomic E-state index is -0.252. The Kier molecular flexibility index (Phi) is 6.64. The number of rotatable bonds is 7. The summed E-state index contributed by atoms with van der Waals surface area (Å²) in [5.41, 5.74) is 0.776. The summed E-state index contributed by atoms with van der Waals surface area (Å²) in [6.07, 6.45) is 1.16. The van der Waals surface area contributed by atoms with Crippen LogP contribution in [0.4, 0.5) is 5.69 Å². The standard InChI is InChI=1S/C18H23N3O3S/c1-4-12(3)21-17(24)14(5-2)16(23)20-18(21)25-11-15(22)19-13-9-7-6-8-10-13/h6-10,12,23H,4-5,11H2,1-3H3,(H,19,22)/t12-/m1/s1. The van der Waals surface area contributed by atoms with E-state index in [1.54, 1.807) is 23.6 Å². The third-order valence-electron chi connectivity index (χ3n) is 3.93. The molecule has 25 heavy (non-hydrogen) atoms. The summed E-state index contributed by atoms with van der Waals surface area (Å²) >= 11 is 1.15. The molecule has 134 valence electrons. The van der Waals surface area contributed by atoms with Gasteiger partial charge in [-0.25, -0.2) is 0 Å². The number of nitrogens with one attached hydrogen (secondary N) is 1. The van der Waals surface area contributed by atoms with Crippen LogP contribution < -0.4 is 10.9 Å². The molecule has 0 saturated carbocycles. The number of amides is 1. The second kappa shape index (κ2) is 8.71. The Hall–Kier alpha value is -2.28. The van der Waals surface area contributed by atoms with E-state index in [1.165, 1.54) is 0 Å². The lowest BCUT2D eigenvalue weighted by Gasteiger charge is -2.18. The first kappa shape index (κ1) is 19.1. The lowest BCUT2D eigenvalue weighted by atomic mass is 10.2. The number of hydrogen-bond acceptors (Lipinski definition) is 5. The molecule has 0 bridgehead atoms. The van der Waals surface area contributed by atoms with Gasteiger partial charge >= 0.3 is 0 Å². The quantitative estimate of drug-likeness (QED) is 0.584. The zero-order chi connectivity index (χ0) is 18.4. The van der Waals surface area contributed by atoms with Gasteiger partial charge < -0.3 is 10.4 Å². The normalized spacial score (nSPS) is 12.0. The zero-order valence-electron chi connectivity index (χ0n) is 14.7. The molecule has 0 fully saturated rings. The van der Waals surface area contributed by atoms with Crippen molar-refractivity contribution in [2.75, 3.05) is 11.1 Å². The Bertz CT molecular complexity index is 790. The number of benzene rings is 1. The highest BCUT2D eigenvalue weighted by molar-refractivity contribution is 7.99. The summed E-state index contributed by atoms with van der Waals surface area (Å²) in [5.74, 6) is -0.346. The predicted molar refractivity (Wildman–Crippen MR) is 100 cm³/mol. The number of para-hydroxylation sites is 1. The van der Waals surface area contributed by atoms with Gasteiger partial charge in [0.25, 0.3) is 5.56 Å². The first-order valence-electron chi connectivity index (χ1n) is 8.29. The number of aromatic hydroxyl groups is 1. The van der Waals surface area contributed by atoms with Crippen molar-refractivity contribution in [3.8, 4) is 5.88 Å². The highest BCUT2D eigenvalue weighted by atomic mass is 32.2. The number of hydrogen-bond donors (Lipinski definition) is 2. The SMILES string of the molecule is CCc1c(O)nc(SCC(=O)Nc2ccccc2)n([C@H](C)CC)c1=O. The predicted octanol–water partition coefficient (Wildman–Crippen LogP) is 3.21. The Balaban J connectivity index is 2.21. The van der Waals surface area contributed by atoms with Crippen LogP contribution in [0.15, 0.2) is 40.3 Å². The lowest BCUT2D eigenvalue weighted by Crippen LogP contribution is -2.29. The van der Waals surface area contributed by atoms with Crippen LogP contribution in [-0.2, 0) is 11.2 Å². The monoisotopic (exact) mass is 361 g/mol. The van der Waals surface area contributed by atoms with Crippen molar-refractivity contribution in [3.05, 3.63) is 46.2 Å². The molecule has 1 aromatic heterocycles. The van der Waals surface area contributed by atoms with E-state index in [0.29, 0.717) is 22.8 Å². The fraction of sp³-hybridized carbons (Fsp3) is 0.389. The number of aromatic nitrogens is 2. The van der Waals surface area contributed by atoms with Crippen LogP contribution in [0, 0.1) is 0 Å². The Labute approximate surface area is 151 Å². The van der Waals surface area contributed by atoms with Crippen LogP contribution in [0.25, 0.3) is 0 Å². The fourth-order valence-corrected chi connectivity index (χ4v) is 3.26. The van der Waals surface area contributed by atoms with Gasteiger partial charge in [-0.1, -0.05) is 43.8 Å². The first-order chi connectivity index (χ1) is 12.0. The van der Waals surface area contributed by atoms with E-state index in [2.05, 4.69) is 10.3 Å². The third-order valence-corrected chi connectivity index (χ3v) is 4.88. The maximum Gasteiger partial charge on any atom is 0.261 e. The van der Waals surface area contributed by atoms with E-state index in [9.17, 15) is 14.7 Å². The molecule has 0 unspecified atom stereocenters. The minimum Gasteiger partial charge on any atom is -0.493 e. The summed E-state index contributed by atoms with van der Waals surface area (Å²) in [7, 11) is 0. The van der Waals surface area contributed by atoms with Crippen LogP contribution in [0.3, 0.4) is 0 Å². The van der Waals surface area contributed by atoms with E-state index in [4.69, 9.17) is 0 Å². The number of thioether (sulfide) groups is 1. The fourth-order valence-electron chi connectivity index (χ4n) is 2.37. The van der Waals surface area contributed by atoms with Crippen LogP contribution in [0.1, 0.15) is 38.8 Å². The molecule has 0 saturated heterocycles. The largest absolute Gasteiger partial charge is 0.493 e. The summed E-state index contributed by atoms with van der Waals surface area (Å²) < 4.78 is 1.57. The lowest BCUT2D eigenvalue weighted by molar-refractivity contribution is -0.113. The van der Waals surface area contributed by atoms with Crippen LogP contribution >= 0.6 is 11.8 Å². The van der Waals surface area contributed by atoms with Gasteiger partial charge in [0.05, 0.1) is 11.3 Å². The smallest absolute Gasteiger partial charge is 0.261 e. The molecule has 0 radical (unpaired) electrons. The molecule has 2 N–H and O–H groups in total. The molecule has 6 nitrogen and oxygen atoms in total. The van der Waals surface area contributed by atoms with E-state index < -0.39 is 0 Å². The molecule has 1 aromatic carbocycles.